The Bertz CT molecular complexity index is 311. The van der Waals surface area contributed by atoms with E-state index in [2.05, 4.69) is 9.72 Å². The molecule has 72 valence electrons. The summed E-state index contributed by atoms with van der Waals surface area (Å²) < 4.78 is 38.7. The molecule has 0 bridgehead atoms. The largest absolute Gasteiger partial charge is 0.574 e. The van der Waals surface area contributed by atoms with Crippen LogP contribution in [-0.4, -0.2) is 16.5 Å². The van der Waals surface area contributed by atoms with Crippen LogP contribution in [-0.2, 0) is 0 Å². The van der Waals surface area contributed by atoms with E-state index in [0.717, 1.165) is 12.3 Å². The van der Waals surface area contributed by atoms with Gasteiger partial charge in [-0.1, -0.05) is 0 Å². The number of nitrogens with zero attached hydrogens (tertiary/aromatic N) is 1. The lowest BCUT2D eigenvalue weighted by atomic mass is 10.3. The van der Waals surface area contributed by atoms with E-state index in [1.165, 1.54) is 6.92 Å². The number of pyridine rings is 1. The van der Waals surface area contributed by atoms with Crippen molar-refractivity contribution in [3.05, 3.63) is 17.8 Å². The summed E-state index contributed by atoms with van der Waals surface area (Å²) in [5, 5.41) is 8.84. The van der Waals surface area contributed by atoms with Crippen LogP contribution in [0, 0.1) is 6.92 Å². The van der Waals surface area contributed by atoms with E-state index in [9.17, 15) is 13.2 Å². The summed E-state index contributed by atoms with van der Waals surface area (Å²) in [6.45, 7) is 1.35. The molecular formula is C7H6F3NO2. The van der Waals surface area contributed by atoms with Crippen LogP contribution >= 0.6 is 0 Å². The van der Waals surface area contributed by atoms with E-state index in [1.54, 1.807) is 0 Å². The maximum absolute atomic E-state index is 11.7. The molecule has 0 saturated heterocycles. The predicted octanol–water partition coefficient (Wildman–Crippen LogP) is 1.99. The van der Waals surface area contributed by atoms with Gasteiger partial charge in [-0.2, -0.15) is 0 Å². The standard InChI is InChI=1S/C7H6F3NO2/c1-4-2-5(12)3-11-6(4)13-7(8,9)10/h2-3,12H,1H3. The molecule has 0 spiro atoms. The van der Waals surface area contributed by atoms with Crippen molar-refractivity contribution >= 4 is 0 Å². The maximum Gasteiger partial charge on any atom is 0.574 e. The van der Waals surface area contributed by atoms with Crippen LogP contribution in [0.3, 0.4) is 0 Å². The zero-order valence-electron chi connectivity index (χ0n) is 6.59. The smallest absolute Gasteiger partial charge is 0.506 e. The molecule has 1 heterocycles. The van der Waals surface area contributed by atoms with Crippen molar-refractivity contribution in [3.63, 3.8) is 0 Å². The summed E-state index contributed by atoms with van der Waals surface area (Å²) in [4.78, 5) is 3.27. The number of hydrogen-bond acceptors (Lipinski definition) is 3. The van der Waals surface area contributed by atoms with Gasteiger partial charge in [0.1, 0.15) is 5.75 Å². The maximum atomic E-state index is 11.7. The third-order valence-electron chi connectivity index (χ3n) is 1.23. The fourth-order valence-corrected chi connectivity index (χ4v) is 0.764. The monoisotopic (exact) mass is 193 g/mol. The minimum absolute atomic E-state index is 0.123. The SMILES string of the molecule is Cc1cc(O)cnc1OC(F)(F)F. The third-order valence-corrected chi connectivity index (χ3v) is 1.23. The molecule has 3 nitrogen and oxygen atoms in total. The first-order valence-corrected chi connectivity index (χ1v) is 3.30. The average Bonchev–Trinajstić information content (AvgIpc) is 1.93. The highest BCUT2D eigenvalue weighted by Gasteiger charge is 2.32. The fourth-order valence-electron chi connectivity index (χ4n) is 0.764. The number of rotatable bonds is 1. The summed E-state index contributed by atoms with van der Waals surface area (Å²) in [5.41, 5.74) is 0.123. The van der Waals surface area contributed by atoms with E-state index in [0.29, 0.717) is 0 Å². The van der Waals surface area contributed by atoms with Gasteiger partial charge in [-0.25, -0.2) is 4.98 Å². The number of alkyl halides is 3. The van der Waals surface area contributed by atoms with Crippen LogP contribution < -0.4 is 4.74 Å². The van der Waals surface area contributed by atoms with Crippen LogP contribution in [0.25, 0.3) is 0 Å². The molecule has 0 fully saturated rings. The number of aromatic hydroxyl groups is 1. The predicted molar refractivity (Wildman–Crippen MR) is 37.3 cm³/mol. The van der Waals surface area contributed by atoms with Crippen LogP contribution in [0.5, 0.6) is 11.6 Å². The van der Waals surface area contributed by atoms with Gasteiger partial charge in [-0.3, -0.25) is 0 Å². The van der Waals surface area contributed by atoms with E-state index >= 15 is 0 Å². The van der Waals surface area contributed by atoms with E-state index in [-0.39, 0.29) is 11.3 Å². The number of aromatic nitrogens is 1. The van der Waals surface area contributed by atoms with Crippen molar-refractivity contribution in [3.8, 4) is 11.6 Å². The molecule has 0 saturated carbocycles. The molecule has 13 heavy (non-hydrogen) atoms. The Balaban J connectivity index is 2.90. The molecule has 1 aromatic rings. The summed E-state index contributed by atoms with van der Waals surface area (Å²) >= 11 is 0. The lowest BCUT2D eigenvalue weighted by molar-refractivity contribution is -0.276. The average molecular weight is 193 g/mol. The lowest BCUT2D eigenvalue weighted by Gasteiger charge is -2.09. The van der Waals surface area contributed by atoms with E-state index in [1.807, 2.05) is 0 Å². The first-order chi connectivity index (χ1) is 5.88. The molecule has 0 unspecified atom stereocenters. The zero-order valence-corrected chi connectivity index (χ0v) is 6.59. The van der Waals surface area contributed by atoms with Crippen molar-refractivity contribution < 1.29 is 23.0 Å². The second-order valence-corrected chi connectivity index (χ2v) is 2.36. The topological polar surface area (TPSA) is 42.4 Å². The first kappa shape index (κ1) is 9.63. The van der Waals surface area contributed by atoms with Crippen molar-refractivity contribution in [2.24, 2.45) is 0 Å². The molecule has 0 aliphatic carbocycles. The van der Waals surface area contributed by atoms with Gasteiger partial charge < -0.3 is 9.84 Å². The third kappa shape index (κ3) is 2.81. The van der Waals surface area contributed by atoms with E-state index < -0.39 is 12.2 Å². The molecule has 6 heteroatoms. The van der Waals surface area contributed by atoms with Crippen molar-refractivity contribution in [1.82, 2.24) is 4.98 Å². The highest BCUT2D eigenvalue weighted by Crippen LogP contribution is 2.25. The van der Waals surface area contributed by atoms with Crippen LogP contribution in [0.4, 0.5) is 13.2 Å². The molecule has 0 aliphatic rings. The zero-order chi connectivity index (χ0) is 10.1. The molecule has 0 radical (unpaired) electrons. The van der Waals surface area contributed by atoms with Gasteiger partial charge in [0, 0.05) is 5.56 Å². The summed E-state index contributed by atoms with van der Waals surface area (Å²) in [5.74, 6) is -0.752. The Hall–Kier alpha value is -1.46. The van der Waals surface area contributed by atoms with Crippen molar-refractivity contribution in [2.45, 2.75) is 13.3 Å². The van der Waals surface area contributed by atoms with Gasteiger partial charge in [0.05, 0.1) is 6.20 Å². The number of aryl methyl sites for hydroxylation is 1. The lowest BCUT2D eigenvalue weighted by Crippen LogP contribution is -2.18. The molecule has 0 aliphatic heterocycles. The second-order valence-electron chi connectivity index (χ2n) is 2.36. The van der Waals surface area contributed by atoms with Crippen molar-refractivity contribution in [2.75, 3.05) is 0 Å². The minimum atomic E-state index is -4.76. The molecule has 1 N–H and O–H groups in total. The van der Waals surface area contributed by atoms with Crippen molar-refractivity contribution in [1.29, 1.82) is 0 Å². The Morgan fingerprint density at radius 3 is 2.54 bits per heavy atom. The molecule has 1 aromatic heterocycles. The van der Waals surface area contributed by atoms with Gasteiger partial charge in [-0.05, 0) is 13.0 Å². The van der Waals surface area contributed by atoms with Gasteiger partial charge in [0.2, 0.25) is 5.88 Å². The highest BCUT2D eigenvalue weighted by molar-refractivity contribution is 5.31. The first-order valence-electron chi connectivity index (χ1n) is 3.30. The fraction of sp³-hybridized carbons (Fsp3) is 0.286. The van der Waals surface area contributed by atoms with E-state index in [4.69, 9.17) is 5.11 Å². The molecule has 0 amide bonds. The molecule has 1 rings (SSSR count). The van der Waals surface area contributed by atoms with Gasteiger partial charge in [-0.15, -0.1) is 13.2 Å². The molecule has 0 aromatic carbocycles. The number of halogens is 3. The molecule has 0 atom stereocenters. The Kier molecular flexibility index (Phi) is 2.31. The van der Waals surface area contributed by atoms with Gasteiger partial charge >= 0.3 is 6.36 Å². The van der Waals surface area contributed by atoms with Gasteiger partial charge in [0.15, 0.2) is 0 Å². The number of ether oxygens (including phenoxy) is 1. The summed E-state index contributed by atoms with van der Waals surface area (Å²) in [6, 6.07) is 1.13. The highest BCUT2D eigenvalue weighted by atomic mass is 19.4. The second kappa shape index (κ2) is 3.12. The molecular weight excluding hydrogens is 187 g/mol. The quantitative estimate of drug-likeness (QED) is 0.741. The Morgan fingerprint density at radius 1 is 1.46 bits per heavy atom. The minimum Gasteiger partial charge on any atom is -0.506 e. The van der Waals surface area contributed by atoms with Crippen LogP contribution in [0.15, 0.2) is 12.3 Å². The van der Waals surface area contributed by atoms with Gasteiger partial charge in [0.25, 0.3) is 0 Å². The van der Waals surface area contributed by atoms with Crippen LogP contribution in [0.2, 0.25) is 0 Å². The summed E-state index contributed by atoms with van der Waals surface area (Å²) in [6.07, 6.45) is -3.87. The Morgan fingerprint density at radius 2 is 2.08 bits per heavy atom. The van der Waals surface area contributed by atoms with Crippen LogP contribution in [0.1, 0.15) is 5.56 Å². The summed E-state index contributed by atoms with van der Waals surface area (Å²) in [7, 11) is 0. The number of hydrogen-bond donors (Lipinski definition) is 1. The Labute approximate surface area is 71.8 Å². The normalized spacial score (nSPS) is 11.4.